The van der Waals surface area contributed by atoms with Gasteiger partial charge in [-0.05, 0) is 54.2 Å². The molecular weight excluding hydrogens is 239 g/mol. The number of halogens is 1. The summed E-state index contributed by atoms with van der Waals surface area (Å²) in [5.41, 5.74) is 3.06. The van der Waals surface area contributed by atoms with Gasteiger partial charge in [-0.1, -0.05) is 30.3 Å². The molecule has 0 aliphatic heterocycles. The zero-order chi connectivity index (χ0) is 13.5. The Balaban J connectivity index is 2.01. The van der Waals surface area contributed by atoms with E-state index < -0.39 is 5.60 Å². The molecule has 2 heteroatoms. The number of fused-ring (bicyclic) bond motifs is 1. The third kappa shape index (κ3) is 2.28. The second kappa shape index (κ2) is 4.46. The van der Waals surface area contributed by atoms with Crippen molar-refractivity contribution < 1.29 is 9.50 Å². The first-order valence-corrected chi connectivity index (χ1v) is 6.64. The van der Waals surface area contributed by atoms with Gasteiger partial charge in [-0.2, -0.15) is 0 Å². The lowest BCUT2D eigenvalue weighted by Crippen LogP contribution is -2.33. The van der Waals surface area contributed by atoms with Crippen LogP contribution in [-0.2, 0) is 18.4 Å². The molecule has 1 atom stereocenters. The maximum absolute atomic E-state index is 13.5. The minimum Gasteiger partial charge on any atom is -0.385 e. The van der Waals surface area contributed by atoms with Crippen molar-refractivity contribution in [3.8, 4) is 0 Å². The van der Waals surface area contributed by atoms with Crippen LogP contribution in [0.3, 0.4) is 0 Å². The van der Waals surface area contributed by atoms with Gasteiger partial charge >= 0.3 is 0 Å². The van der Waals surface area contributed by atoms with Gasteiger partial charge in [0, 0.05) is 6.42 Å². The first-order valence-electron chi connectivity index (χ1n) is 6.64. The van der Waals surface area contributed by atoms with E-state index in [0.717, 1.165) is 17.5 Å². The molecule has 0 fully saturated rings. The highest BCUT2D eigenvalue weighted by Crippen LogP contribution is 2.36. The van der Waals surface area contributed by atoms with Crippen LogP contribution in [0.15, 0.2) is 42.5 Å². The third-order valence-electron chi connectivity index (χ3n) is 3.99. The molecule has 0 aromatic heterocycles. The van der Waals surface area contributed by atoms with Gasteiger partial charge in [-0.3, -0.25) is 0 Å². The van der Waals surface area contributed by atoms with Crippen molar-refractivity contribution in [2.45, 2.75) is 31.8 Å². The van der Waals surface area contributed by atoms with Gasteiger partial charge in [0.1, 0.15) is 5.82 Å². The predicted molar refractivity (Wildman–Crippen MR) is 73.5 cm³/mol. The molecule has 0 spiro atoms. The predicted octanol–water partition coefficient (Wildman–Crippen LogP) is 3.51. The van der Waals surface area contributed by atoms with Crippen LogP contribution in [0.5, 0.6) is 0 Å². The number of aryl methyl sites for hydroxylation is 2. The first-order chi connectivity index (χ1) is 9.07. The Kier molecular flexibility index (Phi) is 2.90. The molecule has 1 aliphatic carbocycles. The van der Waals surface area contributed by atoms with E-state index >= 15 is 0 Å². The lowest BCUT2D eigenvalue weighted by molar-refractivity contribution is 0.0219. The second-order valence-corrected chi connectivity index (χ2v) is 5.49. The normalized spacial score (nSPS) is 22.1. The lowest BCUT2D eigenvalue weighted by atomic mass is 9.76. The summed E-state index contributed by atoms with van der Waals surface area (Å²) in [5, 5.41) is 10.9. The molecule has 1 aliphatic rings. The number of rotatable bonds is 1. The first kappa shape index (κ1) is 12.4. The molecule has 0 saturated heterocycles. The SMILES string of the molecule is Cc1cc(F)cc(C2(O)CCc3ccccc3C2)c1. The van der Waals surface area contributed by atoms with E-state index in [2.05, 4.69) is 6.07 Å². The summed E-state index contributed by atoms with van der Waals surface area (Å²) in [5.74, 6) is -0.276. The smallest absolute Gasteiger partial charge is 0.123 e. The van der Waals surface area contributed by atoms with Crippen LogP contribution in [0.1, 0.15) is 28.7 Å². The fourth-order valence-electron chi connectivity index (χ4n) is 2.97. The van der Waals surface area contributed by atoms with E-state index in [-0.39, 0.29) is 5.82 Å². The molecular formula is C17H17FO. The summed E-state index contributed by atoms with van der Waals surface area (Å²) < 4.78 is 13.5. The summed E-state index contributed by atoms with van der Waals surface area (Å²) in [6.07, 6.45) is 2.04. The zero-order valence-corrected chi connectivity index (χ0v) is 11.0. The molecule has 0 saturated carbocycles. The Morgan fingerprint density at radius 1 is 1.11 bits per heavy atom. The van der Waals surface area contributed by atoms with Crippen molar-refractivity contribution in [2.75, 3.05) is 0 Å². The van der Waals surface area contributed by atoms with Crippen LogP contribution < -0.4 is 0 Å². The van der Waals surface area contributed by atoms with Gasteiger partial charge in [0.15, 0.2) is 0 Å². The summed E-state index contributed by atoms with van der Waals surface area (Å²) in [6.45, 7) is 1.85. The van der Waals surface area contributed by atoms with Crippen molar-refractivity contribution in [2.24, 2.45) is 0 Å². The molecule has 1 nitrogen and oxygen atoms in total. The van der Waals surface area contributed by atoms with Crippen molar-refractivity contribution >= 4 is 0 Å². The maximum atomic E-state index is 13.5. The summed E-state index contributed by atoms with van der Waals surface area (Å²) >= 11 is 0. The molecule has 2 aromatic carbocycles. The number of benzene rings is 2. The van der Waals surface area contributed by atoms with Gasteiger partial charge in [-0.25, -0.2) is 4.39 Å². The lowest BCUT2D eigenvalue weighted by Gasteiger charge is -2.34. The zero-order valence-electron chi connectivity index (χ0n) is 11.0. The van der Waals surface area contributed by atoms with E-state index in [1.54, 1.807) is 0 Å². The summed E-state index contributed by atoms with van der Waals surface area (Å²) in [6, 6.07) is 13.0. The summed E-state index contributed by atoms with van der Waals surface area (Å²) in [4.78, 5) is 0. The number of hydrogen-bond donors (Lipinski definition) is 1. The molecule has 0 radical (unpaired) electrons. The Labute approximate surface area is 112 Å². The minimum absolute atomic E-state index is 0.276. The van der Waals surface area contributed by atoms with Crippen LogP contribution in [-0.4, -0.2) is 5.11 Å². The Bertz CT molecular complexity index is 600. The van der Waals surface area contributed by atoms with Crippen molar-refractivity contribution in [3.63, 3.8) is 0 Å². The molecule has 1 N–H and O–H groups in total. The molecule has 19 heavy (non-hydrogen) atoms. The fraction of sp³-hybridized carbons (Fsp3) is 0.294. The molecule has 0 bridgehead atoms. The Hall–Kier alpha value is -1.67. The highest BCUT2D eigenvalue weighted by molar-refractivity contribution is 5.37. The molecule has 1 unspecified atom stereocenters. The van der Waals surface area contributed by atoms with Gasteiger partial charge in [0.05, 0.1) is 5.60 Å². The molecule has 3 rings (SSSR count). The van der Waals surface area contributed by atoms with Gasteiger partial charge in [0.25, 0.3) is 0 Å². The largest absolute Gasteiger partial charge is 0.385 e. The van der Waals surface area contributed by atoms with E-state index in [1.165, 1.54) is 17.7 Å². The van der Waals surface area contributed by atoms with Crippen LogP contribution in [0, 0.1) is 12.7 Å². The molecule has 0 heterocycles. The van der Waals surface area contributed by atoms with Gasteiger partial charge in [-0.15, -0.1) is 0 Å². The third-order valence-corrected chi connectivity index (χ3v) is 3.99. The Morgan fingerprint density at radius 2 is 1.84 bits per heavy atom. The highest BCUT2D eigenvalue weighted by Gasteiger charge is 2.34. The average molecular weight is 256 g/mol. The van der Waals surface area contributed by atoms with Crippen LogP contribution in [0.25, 0.3) is 0 Å². The standard InChI is InChI=1S/C17H17FO/c1-12-8-15(10-16(18)9-12)17(19)7-6-13-4-2-3-5-14(13)11-17/h2-5,8-10,19H,6-7,11H2,1H3. The van der Waals surface area contributed by atoms with Crippen LogP contribution >= 0.6 is 0 Å². The van der Waals surface area contributed by atoms with E-state index in [9.17, 15) is 9.50 Å². The topological polar surface area (TPSA) is 20.2 Å². The monoisotopic (exact) mass is 256 g/mol. The number of hydrogen-bond acceptors (Lipinski definition) is 1. The quantitative estimate of drug-likeness (QED) is 0.827. The molecule has 0 amide bonds. The highest BCUT2D eigenvalue weighted by atomic mass is 19.1. The van der Waals surface area contributed by atoms with E-state index in [1.807, 2.05) is 31.2 Å². The second-order valence-electron chi connectivity index (χ2n) is 5.49. The van der Waals surface area contributed by atoms with Crippen molar-refractivity contribution in [1.29, 1.82) is 0 Å². The number of aliphatic hydroxyl groups is 1. The van der Waals surface area contributed by atoms with Crippen LogP contribution in [0.4, 0.5) is 4.39 Å². The maximum Gasteiger partial charge on any atom is 0.123 e. The molecule has 2 aromatic rings. The van der Waals surface area contributed by atoms with Gasteiger partial charge < -0.3 is 5.11 Å². The van der Waals surface area contributed by atoms with Gasteiger partial charge in [0.2, 0.25) is 0 Å². The fourth-order valence-corrected chi connectivity index (χ4v) is 2.97. The van der Waals surface area contributed by atoms with E-state index in [0.29, 0.717) is 18.4 Å². The Morgan fingerprint density at radius 3 is 2.58 bits per heavy atom. The van der Waals surface area contributed by atoms with Crippen molar-refractivity contribution in [3.05, 3.63) is 70.5 Å². The molecule has 98 valence electrons. The van der Waals surface area contributed by atoms with Crippen molar-refractivity contribution in [1.82, 2.24) is 0 Å². The minimum atomic E-state index is -0.943. The van der Waals surface area contributed by atoms with E-state index in [4.69, 9.17) is 0 Å². The van der Waals surface area contributed by atoms with Crippen LogP contribution in [0.2, 0.25) is 0 Å². The average Bonchev–Trinajstić information content (AvgIpc) is 2.37. The summed E-state index contributed by atoms with van der Waals surface area (Å²) in [7, 11) is 0.